The normalized spacial score (nSPS) is 10.6. The summed E-state index contributed by atoms with van der Waals surface area (Å²) in [5, 5.41) is 20.2. The van der Waals surface area contributed by atoms with Crippen molar-refractivity contribution in [1.82, 2.24) is 0 Å². The van der Waals surface area contributed by atoms with Crippen LogP contribution in [0.25, 0.3) is 12.2 Å². The zero-order valence-corrected chi connectivity index (χ0v) is 15.0. The number of phenolic OH excluding ortho intramolecular Hbond substituents is 2. The molecule has 2 rings (SSSR count). The summed E-state index contributed by atoms with van der Waals surface area (Å²) in [6.45, 7) is 3.77. The average Bonchev–Trinajstić information content (AvgIpc) is 2.67. The Morgan fingerprint density at radius 3 is 2.08 bits per heavy atom. The SMILES string of the molecule is C=CCOc1ccc(C=Cc2cc(OC)c(OC)c(OC)c2)c(O)c1O. The predicted octanol–water partition coefficient (Wildman–Crippen LogP) is 3.86. The molecule has 0 amide bonds. The van der Waals surface area contributed by atoms with Gasteiger partial charge in [-0.3, -0.25) is 0 Å². The van der Waals surface area contributed by atoms with Crippen LogP contribution < -0.4 is 18.9 Å². The van der Waals surface area contributed by atoms with Gasteiger partial charge >= 0.3 is 0 Å². The second-order valence-corrected chi connectivity index (χ2v) is 5.24. The molecule has 0 heterocycles. The van der Waals surface area contributed by atoms with Gasteiger partial charge in [-0.1, -0.05) is 24.8 Å². The number of ether oxygens (including phenoxy) is 4. The van der Waals surface area contributed by atoms with Gasteiger partial charge in [0.25, 0.3) is 0 Å². The van der Waals surface area contributed by atoms with E-state index in [2.05, 4.69) is 6.58 Å². The lowest BCUT2D eigenvalue weighted by atomic mass is 10.1. The largest absolute Gasteiger partial charge is 0.504 e. The zero-order valence-electron chi connectivity index (χ0n) is 15.0. The van der Waals surface area contributed by atoms with Crippen molar-refractivity contribution in [3.8, 4) is 34.5 Å². The smallest absolute Gasteiger partial charge is 0.203 e. The average molecular weight is 358 g/mol. The molecule has 0 radical (unpaired) electrons. The van der Waals surface area contributed by atoms with Crippen molar-refractivity contribution < 1.29 is 29.2 Å². The Labute approximate surface area is 152 Å². The fourth-order valence-electron chi connectivity index (χ4n) is 2.36. The number of hydrogen-bond acceptors (Lipinski definition) is 6. The molecule has 0 spiro atoms. The van der Waals surface area contributed by atoms with Crippen molar-refractivity contribution in [3.63, 3.8) is 0 Å². The molecular weight excluding hydrogens is 336 g/mol. The maximum Gasteiger partial charge on any atom is 0.203 e. The van der Waals surface area contributed by atoms with Crippen LogP contribution in [0.1, 0.15) is 11.1 Å². The van der Waals surface area contributed by atoms with Crippen LogP contribution in [0.5, 0.6) is 34.5 Å². The lowest BCUT2D eigenvalue weighted by Crippen LogP contribution is -1.95. The molecule has 0 unspecified atom stereocenters. The van der Waals surface area contributed by atoms with Gasteiger partial charge in [-0.05, 0) is 29.8 Å². The first kappa shape index (κ1) is 19.1. The maximum absolute atomic E-state index is 10.2. The number of aromatic hydroxyl groups is 2. The van der Waals surface area contributed by atoms with Crippen molar-refractivity contribution in [2.45, 2.75) is 0 Å². The van der Waals surface area contributed by atoms with Crippen molar-refractivity contribution in [3.05, 3.63) is 48.0 Å². The predicted molar refractivity (Wildman–Crippen MR) is 100 cm³/mol. The number of benzene rings is 2. The molecule has 0 aliphatic carbocycles. The molecule has 0 aromatic heterocycles. The van der Waals surface area contributed by atoms with Gasteiger partial charge in [-0.2, -0.15) is 0 Å². The van der Waals surface area contributed by atoms with Gasteiger partial charge in [-0.25, -0.2) is 0 Å². The van der Waals surface area contributed by atoms with Crippen LogP contribution in [0, 0.1) is 0 Å². The third-order valence-electron chi connectivity index (χ3n) is 3.64. The lowest BCUT2D eigenvalue weighted by molar-refractivity contribution is 0.324. The monoisotopic (exact) mass is 358 g/mol. The van der Waals surface area contributed by atoms with Crippen LogP contribution in [-0.4, -0.2) is 38.1 Å². The number of rotatable bonds is 8. The third kappa shape index (κ3) is 4.03. The molecule has 6 nitrogen and oxygen atoms in total. The fraction of sp³-hybridized carbons (Fsp3) is 0.200. The van der Waals surface area contributed by atoms with Crippen molar-refractivity contribution in [2.75, 3.05) is 27.9 Å². The highest BCUT2D eigenvalue weighted by Crippen LogP contribution is 2.40. The van der Waals surface area contributed by atoms with Gasteiger partial charge in [0.1, 0.15) is 6.61 Å². The lowest BCUT2D eigenvalue weighted by Gasteiger charge is -2.13. The van der Waals surface area contributed by atoms with Crippen molar-refractivity contribution in [2.24, 2.45) is 0 Å². The first-order chi connectivity index (χ1) is 12.5. The Kier molecular flexibility index (Phi) is 6.38. The van der Waals surface area contributed by atoms with Crippen LogP contribution in [0.2, 0.25) is 0 Å². The van der Waals surface area contributed by atoms with Gasteiger partial charge in [0, 0.05) is 5.56 Å². The molecule has 0 aliphatic heterocycles. The van der Waals surface area contributed by atoms with Crippen LogP contribution in [0.3, 0.4) is 0 Å². The summed E-state index contributed by atoms with van der Waals surface area (Å²) in [5.41, 5.74) is 1.20. The Hall–Kier alpha value is -3.28. The molecule has 0 saturated heterocycles. The minimum absolute atomic E-state index is 0.187. The summed E-state index contributed by atoms with van der Waals surface area (Å²) in [7, 11) is 4.61. The summed E-state index contributed by atoms with van der Waals surface area (Å²) < 4.78 is 21.2. The molecule has 26 heavy (non-hydrogen) atoms. The minimum atomic E-state index is -0.320. The first-order valence-corrected chi connectivity index (χ1v) is 7.82. The van der Waals surface area contributed by atoms with E-state index in [-0.39, 0.29) is 23.9 Å². The van der Waals surface area contributed by atoms with Gasteiger partial charge < -0.3 is 29.2 Å². The minimum Gasteiger partial charge on any atom is -0.504 e. The molecule has 0 bridgehead atoms. The van der Waals surface area contributed by atoms with Crippen LogP contribution >= 0.6 is 0 Å². The zero-order chi connectivity index (χ0) is 19.1. The highest BCUT2D eigenvalue weighted by atomic mass is 16.5. The van der Waals surface area contributed by atoms with E-state index in [1.807, 2.05) is 0 Å². The quantitative estimate of drug-likeness (QED) is 0.424. The fourth-order valence-corrected chi connectivity index (χ4v) is 2.36. The summed E-state index contributed by atoms with van der Waals surface area (Å²) in [6.07, 6.45) is 4.96. The molecule has 0 atom stereocenters. The number of phenols is 2. The third-order valence-corrected chi connectivity index (χ3v) is 3.64. The molecular formula is C20H22O6. The maximum atomic E-state index is 10.2. The summed E-state index contributed by atoms with van der Waals surface area (Å²) in [5.74, 6) is 1.14. The standard InChI is InChI=1S/C20H22O6/c1-5-10-26-15-9-8-14(18(21)19(15)22)7-6-13-11-16(23-2)20(25-4)17(12-13)24-3/h5-9,11-12,21-22H,1,10H2,2-4H3. The first-order valence-electron chi connectivity index (χ1n) is 7.82. The van der Waals surface area contributed by atoms with Crippen LogP contribution in [-0.2, 0) is 0 Å². The van der Waals surface area contributed by atoms with Crippen LogP contribution in [0.15, 0.2) is 36.9 Å². The van der Waals surface area contributed by atoms with E-state index in [4.69, 9.17) is 18.9 Å². The van der Waals surface area contributed by atoms with E-state index in [0.717, 1.165) is 5.56 Å². The van der Waals surface area contributed by atoms with E-state index in [1.54, 1.807) is 42.5 Å². The molecule has 2 aromatic carbocycles. The van der Waals surface area contributed by atoms with Crippen LogP contribution in [0.4, 0.5) is 0 Å². The Morgan fingerprint density at radius 2 is 1.54 bits per heavy atom. The van der Waals surface area contributed by atoms with E-state index >= 15 is 0 Å². The summed E-state index contributed by atoms with van der Waals surface area (Å²) in [4.78, 5) is 0. The van der Waals surface area contributed by atoms with Gasteiger partial charge in [0.2, 0.25) is 11.5 Å². The Balaban J connectivity index is 2.35. The van der Waals surface area contributed by atoms with Crippen molar-refractivity contribution in [1.29, 1.82) is 0 Å². The molecule has 6 heteroatoms. The second-order valence-electron chi connectivity index (χ2n) is 5.24. The molecule has 0 fully saturated rings. The molecule has 0 saturated carbocycles. The molecule has 2 aromatic rings. The molecule has 138 valence electrons. The second kappa shape index (κ2) is 8.71. The van der Waals surface area contributed by atoms with Gasteiger partial charge in [0.05, 0.1) is 21.3 Å². The van der Waals surface area contributed by atoms with Gasteiger partial charge in [0.15, 0.2) is 23.0 Å². The highest BCUT2D eigenvalue weighted by Gasteiger charge is 2.13. The topological polar surface area (TPSA) is 77.4 Å². The Bertz CT molecular complexity index is 785. The van der Waals surface area contributed by atoms with E-state index in [9.17, 15) is 10.2 Å². The van der Waals surface area contributed by atoms with Crippen molar-refractivity contribution >= 4 is 12.2 Å². The van der Waals surface area contributed by atoms with E-state index in [1.165, 1.54) is 21.3 Å². The summed E-state index contributed by atoms with van der Waals surface area (Å²) >= 11 is 0. The highest BCUT2D eigenvalue weighted by molar-refractivity contribution is 5.77. The van der Waals surface area contributed by atoms with Gasteiger partial charge in [-0.15, -0.1) is 0 Å². The summed E-state index contributed by atoms with van der Waals surface area (Å²) in [6, 6.07) is 6.77. The number of hydrogen-bond donors (Lipinski definition) is 2. The number of methoxy groups -OCH3 is 3. The molecule has 2 N–H and O–H groups in total. The van der Waals surface area contributed by atoms with E-state index in [0.29, 0.717) is 22.8 Å². The Morgan fingerprint density at radius 1 is 0.885 bits per heavy atom. The van der Waals surface area contributed by atoms with E-state index < -0.39 is 0 Å². The molecule has 0 aliphatic rings.